The first-order chi connectivity index (χ1) is 9.62. The number of rotatable bonds is 6. The van der Waals surface area contributed by atoms with E-state index < -0.39 is 0 Å². The van der Waals surface area contributed by atoms with Gasteiger partial charge in [0.15, 0.2) is 0 Å². The van der Waals surface area contributed by atoms with Crippen molar-refractivity contribution < 1.29 is 0 Å². The van der Waals surface area contributed by atoms with Crippen molar-refractivity contribution in [2.45, 2.75) is 58.0 Å². The largest absolute Gasteiger partial charge is 0.314 e. The molecule has 0 spiro atoms. The van der Waals surface area contributed by atoms with Crippen LogP contribution >= 0.6 is 0 Å². The molecule has 0 aromatic heterocycles. The second kappa shape index (κ2) is 7.24. The van der Waals surface area contributed by atoms with E-state index in [-0.39, 0.29) is 0 Å². The van der Waals surface area contributed by atoms with Gasteiger partial charge in [-0.1, -0.05) is 37.3 Å². The van der Waals surface area contributed by atoms with Crippen LogP contribution in [0.2, 0.25) is 0 Å². The normalized spacial score (nSPS) is 18.4. The van der Waals surface area contributed by atoms with E-state index in [2.05, 4.69) is 61.3 Å². The molecule has 0 radical (unpaired) electrons. The first-order valence-corrected chi connectivity index (χ1v) is 8.14. The van der Waals surface area contributed by atoms with Gasteiger partial charge in [0.25, 0.3) is 0 Å². The van der Waals surface area contributed by atoms with Crippen molar-refractivity contribution >= 4 is 0 Å². The van der Waals surface area contributed by atoms with Crippen LogP contribution in [0.15, 0.2) is 30.3 Å². The highest BCUT2D eigenvalue weighted by Gasteiger charge is 2.29. The first-order valence-electron chi connectivity index (χ1n) is 8.14. The number of nitrogens with one attached hydrogen (secondary N) is 1. The van der Waals surface area contributed by atoms with Crippen LogP contribution in [-0.4, -0.2) is 36.1 Å². The van der Waals surface area contributed by atoms with Crippen LogP contribution in [0.5, 0.6) is 0 Å². The maximum atomic E-state index is 3.59. The summed E-state index contributed by atoms with van der Waals surface area (Å²) >= 11 is 0. The average molecular weight is 274 g/mol. The van der Waals surface area contributed by atoms with Crippen LogP contribution in [0.1, 0.15) is 45.6 Å². The van der Waals surface area contributed by atoms with Gasteiger partial charge in [-0.25, -0.2) is 0 Å². The van der Waals surface area contributed by atoms with Crippen molar-refractivity contribution in [2.75, 3.05) is 19.6 Å². The van der Waals surface area contributed by atoms with Crippen molar-refractivity contribution in [1.29, 1.82) is 0 Å². The molecule has 1 N–H and O–H groups in total. The molecule has 0 saturated carbocycles. The minimum atomic E-state index is 0.313. The molecule has 1 aromatic rings. The maximum absolute atomic E-state index is 3.59. The Morgan fingerprint density at radius 2 is 1.80 bits per heavy atom. The van der Waals surface area contributed by atoms with Crippen molar-refractivity contribution in [1.82, 2.24) is 10.2 Å². The minimum absolute atomic E-state index is 0.313. The number of piperidine rings is 1. The Bertz CT molecular complexity index is 378. The van der Waals surface area contributed by atoms with Gasteiger partial charge >= 0.3 is 0 Å². The third-order valence-corrected chi connectivity index (χ3v) is 4.71. The highest BCUT2D eigenvalue weighted by Crippen LogP contribution is 2.25. The Morgan fingerprint density at radius 1 is 1.15 bits per heavy atom. The van der Waals surface area contributed by atoms with Crippen LogP contribution in [0.3, 0.4) is 0 Å². The average Bonchev–Trinajstić information content (AvgIpc) is 2.47. The van der Waals surface area contributed by atoms with E-state index in [1.165, 1.54) is 44.3 Å². The topological polar surface area (TPSA) is 15.3 Å². The van der Waals surface area contributed by atoms with Gasteiger partial charge in [0.05, 0.1) is 0 Å². The van der Waals surface area contributed by atoms with Gasteiger partial charge in [0, 0.05) is 24.7 Å². The molecule has 1 saturated heterocycles. The summed E-state index contributed by atoms with van der Waals surface area (Å²) in [6.07, 6.45) is 5.01. The minimum Gasteiger partial charge on any atom is -0.314 e. The van der Waals surface area contributed by atoms with Gasteiger partial charge in [-0.3, -0.25) is 4.90 Å². The number of nitrogens with zero attached hydrogens (tertiary/aromatic N) is 1. The predicted octanol–water partition coefficient (Wildman–Crippen LogP) is 3.47. The summed E-state index contributed by atoms with van der Waals surface area (Å²) in [5.74, 6) is 0. The van der Waals surface area contributed by atoms with Crippen LogP contribution in [0, 0.1) is 0 Å². The SMILES string of the molecule is CCNC1CCN(C(C)(C)CCc2ccccc2)CC1. The quantitative estimate of drug-likeness (QED) is 0.854. The van der Waals surface area contributed by atoms with Crippen molar-refractivity contribution in [3.63, 3.8) is 0 Å². The third kappa shape index (κ3) is 4.32. The molecule has 0 amide bonds. The lowest BCUT2D eigenvalue weighted by Gasteiger charge is -2.43. The molecule has 0 unspecified atom stereocenters. The van der Waals surface area contributed by atoms with Crippen LogP contribution in [0.25, 0.3) is 0 Å². The molecular formula is C18H30N2. The fourth-order valence-electron chi connectivity index (χ4n) is 3.23. The van der Waals surface area contributed by atoms with Gasteiger partial charge in [-0.05, 0) is 51.6 Å². The smallest absolute Gasteiger partial charge is 0.0156 e. The second-order valence-corrected chi connectivity index (χ2v) is 6.62. The Morgan fingerprint density at radius 3 is 2.40 bits per heavy atom. The lowest BCUT2D eigenvalue weighted by molar-refractivity contribution is 0.0766. The molecule has 20 heavy (non-hydrogen) atoms. The molecule has 0 aliphatic carbocycles. The summed E-state index contributed by atoms with van der Waals surface area (Å²) in [6, 6.07) is 11.6. The zero-order chi connectivity index (χ0) is 14.4. The number of hydrogen-bond acceptors (Lipinski definition) is 2. The molecule has 0 atom stereocenters. The molecule has 112 valence electrons. The van der Waals surface area contributed by atoms with E-state index >= 15 is 0 Å². The number of benzene rings is 1. The summed E-state index contributed by atoms with van der Waals surface area (Å²) in [4.78, 5) is 2.68. The molecule has 0 bridgehead atoms. The number of likely N-dealkylation sites (tertiary alicyclic amines) is 1. The lowest BCUT2D eigenvalue weighted by Crippen LogP contribution is -2.51. The molecule has 1 aliphatic heterocycles. The van der Waals surface area contributed by atoms with E-state index in [0.717, 1.165) is 12.6 Å². The Kier molecular flexibility index (Phi) is 5.62. The maximum Gasteiger partial charge on any atom is 0.0156 e. The first kappa shape index (κ1) is 15.5. The third-order valence-electron chi connectivity index (χ3n) is 4.71. The molecule has 2 rings (SSSR count). The number of aryl methyl sites for hydroxylation is 1. The Balaban J connectivity index is 1.81. The number of hydrogen-bond donors (Lipinski definition) is 1. The van der Waals surface area contributed by atoms with Crippen molar-refractivity contribution in [3.05, 3.63) is 35.9 Å². The van der Waals surface area contributed by atoms with E-state index in [9.17, 15) is 0 Å². The molecule has 1 fully saturated rings. The fraction of sp³-hybridized carbons (Fsp3) is 0.667. The van der Waals surface area contributed by atoms with Crippen LogP contribution in [-0.2, 0) is 6.42 Å². The molecule has 2 nitrogen and oxygen atoms in total. The summed E-state index contributed by atoms with van der Waals surface area (Å²) in [6.45, 7) is 10.6. The zero-order valence-corrected chi connectivity index (χ0v) is 13.4. The summed E-state index contributed by atoms with van der Waals surface area (Å²) < 4.78 is 0. The summed E-state index contributed by atoms with van der Waals surface area (Å²) in [5.41, 5.74) is 1.77. The van der Waals surface area contributed by atoms with E-state index in [1.54, 1.807) is 0 Å². The molecular weight excluding hydrogens is 244 g/mol. The van der Waals surface area contributed by atoms with E-state index in [4.69, 9.17) is 0 Å². The second-order valence-electron chi connectivity index (χ2n) is 6.62. The lowest BCUT2D eigenvalue weighted by atomic mass is 9.90. The van der Waals surface area contributed by atoms with Gasteiger partial charge in [0.2, 0.25) is 0 Å². The standard InChI is InChI=1S/C18H30N2/c1-4-19-17-11-14-20(15-12-17)18(2,3)13-10-16-8-6-5-7-9-16/h5-9,17,19H,4,10-15H2,1-3H3. The Labute approximate surface area is 124 Å². The highest BCUT2D eigenvalue weighted by atomic mass is 15.2. The van der Waals surface area contributed by atoms with Gasteiger partial charge in [-0.2, -0.15) is 0 Å². The fourth-order valence-corrected chi connectivity index (χ4v) is 3.23. The highest BCUT2D eigenvalue weighted by molar-refractivity contribution is 5.15. The van der Waals surface area contributed by atoms with Gasteiger partial charge in [-0.15, -0.1) is 0 Å². The van der Waals surface area contributed by atoms with Crippen LogP contribution in [0.4, 0.5) is 0 Å². The summed E-state index contributed by atoms with van der Waals surface area (Å²) in [5, 5.41) is 3.59. The molecule has 1 heterocycles. The van der Waals surface area contributed by atoms with E-state index in [1.807, 2.05) is 0 Å². The monoisotopic (exact) mass is 274 g/mol. The predicted molar refractivity (Wildman–Crippen MR) is 87.1 cm³/mol. The van der Waals surface area contributed by atoms with Crippen LogP contribution < -0.4 is 5.32 Å². The molecule has 1 aromatic carbocycles. The van der Waals surface area contributed by atoms with Crippen molar-refractivity contribution in [3.8, 4) is 0 Å². The summed E-state index contributed by atoms with van der Waals surface area (Å²) in [7, 11) is 0. The molecule has 2 heteroatoms. The van der Waals surface area contributed by atoms with Gasteiger partial charge < -0.3 is 5.32 Å². The zero-order valence-electron chi connectivity index (χ0n) is 13.4. The van der Waals surface area contributed by atoms with E-state index in [0.29, 0.717) is 5.54 Å². The Hall–Kier alpha value is -0.860. The molecule has 1 aliphatic rings. The van der Waals surface area contributed by atoms with Gasteiger partial charge in [0.1, 0.15) is 0 Å². The van der Waals surface area contributed by atoms with Crippen molar-refractivity contribution in [2.24, 2.45) is 0 Å².